The molecule has 0 spiro atoms. The van der Waals surface area contributed by atoms with Crippen LogP contribution in [0, 0.1) is 0 Å². The lowest BCUT2D eigenvalue weighted by atomic mass is 9.98. The monoisotopic (exact) mass is 716 g/mol. The summed E-state index contributed by atoms with van der Waals surface area (Å²) in [4.78, 5) is 10.9. The SMILES string of the molecule is c1ccc2cc(-c3nc(-n4c5ccccc5c5cc(-c6cc7c8ccccc8n8c9ccccc9c(c6)c78)ccc54)nc4c3sc3ccccc34)ccc2c1. The van der Waals surface area contributed by atoms with Gasteiger partial charge >= 0.3 is 0 Å². The molecule has 13 aromatic rings. The van der Waals surface area contributed by atoms with Gasteiger partial charge in [-0.25, -0.2) is 9.97 Å². The fraction of sp³-hybridized carbons (Fsp3) is 0. The van der Waals surface area contributed by atoms with Crippen LogP contribution in [0.5, 0.6) is 0 Å². The lowest BCUT2D eigenvalue weighted by molar-refractivity contribution is 1.02. The Kier molecular flexibility index (Phi) is 5.74. The van der Waals surface area contributed by atoms with Crippen LogP contribution in [-0.2, 0) is 0 Å². The first-order valence-corrected chi connectivity index (χ1v) is 19.5. The predicted molar refractivity (Wildman–Crippen MR) is 232 cm³/mol. The molecule has 0 bridgehead atoms. The number of aromatic nitrogens is 4. The maximum absolute atomic E-state index is 5.46. The zero-order chi connectivity index (χ0) is 35.8. The number of thiophene rings is 1. The van der Waals surface area contributed by atoms with Gasteiger partial charge < -0.3 is 4.40 Å². The third-order valence-electron chi connectivity index (χ3n) is 11.6. The minimum absolute atomic E-state index is 0.678. The van der Waals surface area contributed by atoms with E-state index in [4.69, 9.17) is 9.97 Å². The van der Waals surface area contributed by atoms with Crippen LogP contribution in [0.1, 0.15) is 0 Å². The Morgan fingerprint density at radius 3 is 1.75 bits per heavy atom. The molecule has 0 radical (unpaired) electrons. The molecule has 0 fully saturated rings. The summed E-state index contributed by atoms with van der Waals surface area (Å²) in [6, 6.07) is 61.7. The molecule has 0 amide bonds. The van der Waals surface area contributed by atoms with Crippen molar-refractivity contribution >= 4 is 102 Å². The van der Waals surface area contributed by atoms with Crippen LogP contribution in [-0.4, -0.2) is 18.9 Å². The van der Waals surface area contributed by atoms with Crippen molar-refractivity contribution in [1.29, 1.82) is 0 Å². The molecule has 5 heteroatoms. The number of hydrogen-bond acceptors (Lipinski definition) is 3. The highest BCUT2D eigenvalue weighted by Crippen LogP contribution is 2.44. The van der Waals surface area contributed by atoms with Crippen molar-refractivity contribution < 1.29 is 0 Å². The molecule has 0 aliphatic heterocycles. The Hall–Kier alpha value is -7.08. The Morgan fingerprint density at radius 2 is 0.982 bits per heavy atom. The molecular formula is C50H28N4S. The van der Waals surface area contributed by atoms with E-state index in [1.807, 2.05) is 0 Å². The average Bonchev–Trinajstić information content (AvgIpc) is 3.98. The normalized spacial score (nSPS) is 12.4. The van der Waals surface area contributed by atoms with Crippen molar-refractivity contribution in [2.24, 2.45) is 0 Å². The van der Waals surface area contributed by atoms with E-state index in [1.165, 1.54) is 75.5 Å². The number of para-hydroxylation sites is 3. The van der Waals surface area contributed by atoms with Crippen molar-refractivity contribution in [2.45, 2.75) is 0 Å². The zero-order valence-corrected chi connectivity index (χ0v) is 30.2. The first-order valence-electron chi connectivity index (χ1n) is 18.7. The molecule has 8 aromatic carbocycles. The summed E-state index contributed by atoms with van der Waals surface area (Å²) in [6.45, 7) is 0. The van der Waals surface area contributed by atoms with E-state index in [9.17, 15) is 0 Å². The largest absolute Gasteiger partial charge is 0.308 e. The lowest BCUT2D eigenvalue weighted by Crippen LogP contribution is -2.02. The second kappa shape index (κ2) is 10.8. The topological polar surface area (TPSA) is 35.1 Å². The molecule has 13 rings (SSSR count). The average molecular weight is 717 g/mol. The van der Waals surface area contributed by atoms with E-state index in [1.54, 1.807) is 11.3 Å². The third-order valence-corrected chi connectivity index (χ3v) is 12.8. The van der Waals surface area contributed by atoms with Gasteiger partial charge in [0.15, 0.2) is 0 Å². The number of benzene rings is 8. The Morgan fingerprint density at radius 1 is 0.400 bits per heavy atom. The van der Waals surface area contributed by atoms with Gasteiger partial charge in [-0.05, 0) is 76.5 Å². The highest BCUT2D eigenvalue weighted by atomic mass is 32.1. The van der Waals surface area contributed by atoms with Gasteiger partial charge in [0.1, 0.15) is 0 Å². The van der Waals surface area contributed by atoms with E-state index in [0.29, 0.717) is 5.95 Å². The van der Waals surface area contributed by atoms with Crippen LogP contribution in [0.25, 0.3) is 119 Å². The minimum Gasteiger partial charge on any atom is -0.308 e. The maximum Gasteiger partial charge on any atom is 0.235 e. The van der Waals surface area contributed by atoms with Gasteiger partial charge in [0.25, 0.3) is 0 Å². The van der Waals surface area contributed by atoms with E-state index < -0.39 is 0 Å². The van der Waals surface area contributed by atoms with Gasteiger partial charge in [0.05, 0.1) is 43.5 Å². The molecule has 5 heterocycles. The molecule has 0 unspecified atom stereocenters. The molecule has 0 saturated carbocycles. The standard InChI is InChI=1S/C50H28N4S/c1-2-12-30-25-32(22-21-29(30)11-1)46-49-47(37-16-6-10-20-45(37)55-49)52-50(51-46)54-43-19-9-3-13-34(43)38-26-31(23-24-44(38)54)33-27-39-35-14-4-7-17-41(35)53-42-18-8-5-15-36(42)40(28-33)48(39)53/h1-28H. The second-order valence-corrected chi connectivity index (χ2v) is 15.6. The van der Waals surface area contributed by atoms with E-state index in [-0.39, 0.29) is 0 Å². The quantitative estimate of drug-likeness (QED) is 0.182. The first kappa shape index (κ1) is 29.4. The fourth-order valence-electron chi connectivity index (χ4n) is 9.20. The van der Waals surface area contributed by atoms with Gasteiger partial charge in [0, 0.05) is 48.0 Å². The van der Waals surface area contributed by atoms with Crippen molar-refractivity contribution in [3.05, 3.63) is 170 Å². The van der Waals surface area contributed by atoms with Gasteiger partial charge in [-0.15, -0.1) is 11.3 Å². The van der Waals surface area contributed by atoms with Crippen LogP contribution in [0.15, 0.2) is 170 Å². The zero-order valence-electron chi connectivity index (χ0n) is 29.4. The number of hydrogen-bond donors (Lipinski definition) is 0. The number of fused-ring (bicyclic) bond motifs is 13. The summed E-state index contributed by atoms with van der Waals surface area (Å²) >= 11 is 1.77. The van der Waals surface area contributed by atoms with Crippen molar-refractivity contribution in [3.63, 3.8) is 0 Å². The van der Waals surface area contributed by atoms with Gasteiger partial charge in [-0.2, -0.15) is 0 Å². The Balaban J connectivity index is 1.07. The summed E-state index contributed by atoms with van der Waals surface area (Å²) in [5.41, 5.74) is 11.4. The first-order chi connectivity index (χ1) is 27.3. The molecule has 4 nitrogen and oxygen atoms in total. The summed E-state index contributed by atoms with van der Waals surface area (Å²) in [7, 11) is 0. The minimum atomic E-state index is 0.678. The molecule has 55 heavy (non-hydrogen) atoms. The smallest absolute Gasteiger partial charge is 0.235 e. The number of rotatable bonds is 3. The van der Waals surface area contributed by atoms with Crippen molar-refractivity contribution in [2.75, 3.05) is 0 Å². The summed E-state index contributed by atoms with van der Waals surface area (Å²) in [5.74, 6) is 0.678. The van der Waals surface area contributed by atoms with E-state index in [0.717, 1.165) is 37.9 Å². The maximum atomic E-state index is 5.46. The van der Waals surface area contributed by atoms with Crippen molar-refractivity contribution in [3.8, 4) is 28.3 Å². The lowest BCUT2D eigenvalue weighted by Gasteiger charge is -2.11. The highest BCUT2D eigenvalue weighted by Gasteiger charge is 2.22. The predicted octanol–water partition coefficient (Wildman–Crippen LogP) is 13.6. The van der Waals surface area contributed by atoms with Crippen LogP contribution >= 0.6 is 11.3 Å². The molecule has 0 N–H and O–H groups in total. The molecule has 0 aliphatic rings. The molecule has 0 atom stereocenters. The molecular weight excluding hydrogens is 689 g/mol. The van der Waals surface area contributed by atoms with E-state index >= 15 is 0 Å². The molecule has 0 aliphatic carbocycles. The highest BCUT2D eigenvalue weighted by molar-refractivity contribution is 7.26. The number of nitrogens with zero attached hydrogens (tertiary/aromatic N) is 4. The summed E-state index contributed by atoms with van der Waals surface area (Å²) < 4.78 is 7.02. The van der Waals surface area contributed by atoms with Gasteiger partial charge in [-0.1, -0.05) is 115 Å². The second-order valence-electron chi connectivity index (χ2n) is 14.6. The molecule has 0 saturated heterocycles. The summed E-state index contributed by atoms with van der Waals surface area (Å²) in [6.07, 6.45) is 0. The fourth-order valence-corrected chi connectivity index (χ4v) is 10.3. The van der Waals surface area contributed by atoms with Crippen LogP contribution in [0.2, 0.25) is 0 Å². The Bertz CT molecular complexity index is 3650. The summed E-state index contributed by atoms with van der Waals surface area (Å²) in [5, 5.41) is 11.1. The van der Waals surface area contributed by atoms with Gasteiger partial charge in [0.2, 0.25) is 5.95 Å². The third kappa shape index (κ3) is 4.00. The molecule has 254 valence electrons. The van der Waals surface area contributed by atoms with Crippen molar-refractivity contribution in [1.82, 2.24) is 18.9 Å². The van der Waals surface area contributed by atoms with Crippen LogP contribution in [0.3, 0.4) is 0 Å². The Labute approximate surface area is 318 Å². The van der Waals surface area contributed by atoms with Gasteiger partial charge in [-0.3, -0.25) is 4.57 Å². The van der Waals surface area contributed by atoms with E-state index in [2.05, 4.69) is 179 Å². The van der Waals surface area contributed by atoms with Crippen LogP contribution in [0.4, 0.5) is 0 Å². The van der Waals surface area contributed by atoms with Crippen LogP contribution < -0.4 is 0 Å². The molecule has 5 aromatic heterocycles.